The van der Waals surface area contributed by atoms with Crippen LogP contribution in [0.25, 0.3) is 0 Å². The van der Waals surface area contributed by atoms with E-state index in [0.29, 0.717) is 17.4 Å². The Morgan fingerprint density at radius 3 is 2.65 bits per heavy atom. The van der Waals surface area contributed by atoms with Crippen molar-refractivity contribution in [1.82, 2.24) is 9.78 Å². The fraction of sp³-hybridized carbons (Fsp3) is 0.0588. The number of nitrogens with zero attached hydrogens (tertiary/aromatic N) is 3. The number of hydrogen-bond donors (Lipinski definition) is 1. The van der Waals surface area contributed by atoms with Crippen LogP contribution < -0.4 is 5.32 Å². The van der Waals surface area contributed by atoms with E-state index in [0.717, 1.165) is 11.6 Å². The summed E-state index contributed by atoms with van der Waals surface area (Å²) in [5.74, 6) is -0.201. The number of amides is 1. The molecule has 1 heterocycles. The third-order valence-corrected chi connectivity index (χ3v) is 4.27. The molecule has 0 saturated heterocycles. The summed E-state index contributed by atoms with van der Waals surface area (Å²) in [6.07, 6.45) is 1.70. The van der Waals surface area contributed by atoms with Crippen molar-refractivity contribution in [2.45, 2.75) is 6.54 Å². The number of nitro benzene ring substituents is 1. The van der Waals surface area contributed by atoms with Gasteiger partial charge in [0.2, 0.25) is 0 Å². The summed E-state index contributed by atoms with van der Waals surface area (Å²) >= 11 is 11.9. The molecule has 1 aromatic heterocycles. The Morgan fingerprint density at radius 1 is 1.15 bits per heavy atom. The van der Waals surface area contributed by atoms with Crippen molar-refractivity contribution in [2.24, 2.45) is 0 Å². The molecular weight excluding hydrogens is 379 g/mol. The van der Waals surface area contributed by atoms with Gasteiger partial charge in [0.25, 0.3) is 11.6 Å². The molecule has 0 fully saturated rings. The molecule has 0 aliphatic rings. The van der Waals surface area contributed by atoms with Crippen molar-refractivity contribution < 1.29 is 9.72 Å². The first-order valence-electron chi connectivity index (χ1n) is 7.46. The molecule has 1 amide bonds. The second-order valence-electron chi connectivity index (χ2n) is 5.37. The maximum atomic E-state index is 12.3. The number of halogens is 2. The van der Waals surface area contributed by atoms with Gasteiger partial charge in [-0.15, -0.1) is 0 Å². The van der Waals surface area contributed by atoms with Crippen LogP contribution in [-0.2, 0) is 6.54 Å². The Bertz CT molecular complexity index is 988. The SMILES string of the molecule is O=C(Nc1ccn(Cc2ccccc2Cl)n1)c1ccc(Cl)c([N+](=O)[O-])c1. The Morgan fingerprint density at radius 2 is 1.92 bits per heavy atom. The van der Waals surface area contributed by atoms with Crippen LogP contribution in [0.1, 0.15) is 15.9 Å². The zero-order valence-electron chi connectivity index (χ0n) is 13.2. The average molecular weight is 391 g/mol. The number of benzene rings is 2. The Labute approximate surface area is 158 Å². The van der Waals surface area contributed by atoms with E-state index in [1.165, 1.54) is 12.1 Å². The molecule has 0 unspecified atom stereocenters. The largest absolute Gasteiger partial charge is 0.305 e. The van der Waals surface area contributed by atoms with Crippen molar-refractivity contribution in [2.75, 3.05) is 5.32 Å². The van der Waals surface area contributed by atoms with E-state index in [2.05, 4.69) is 10.4 Å². The molecule has 7 nitrogen and oxygen atoms in total. The van der Waals surface area contributed by atoms with E-state index >= 15 is 0 Å². The van der Waals surface area contributed by atoms with Crippen LogP contribution in [0.15, 0.2) is 54.7 Å². The molecule has 0 atom stereocenters. The quantitative estimate of drug-likeness (QED) is 0.516. The lowest BCUT2D eigenvalue weighted by Crippen LogP contribution is -2.13. The minimum Gasteiger partial charge on any atom is -0.305 e. The normalized spacial score (nSPS) is 10.5. The molecule has 0 bridgehead atoms. The lowest BCUT2D eigenvalue weighted by atomic mass is 10.2. The van der Waals surface area contributed by atoms with Crippen LogP contribution in [0.4, 0.5) is 11.5 Å². The van der Waals surface area contributed by atoms with Gasteiger partial charge in [-0.1, -0.05) is 41.4 Å². The van der Waals surface area contributed by atoms with Gasteiger partial charge >= 0.3 is 0 Å². The number of nitro groups is 1. The highest BCUT2D eigenvalue weighted by Gasteiger charge is 2.17. The highest BCUT2D eigenvalue weighted by atomic mass is 35.5. The number of carbonyl (C=O) groups excluding carboxylic acids is 1. The predicted molar refractivity (Wildman–Crippen MR) is 98.8 cm³/mol. The second kappa shape index (κ2) is 7.55. The van der Waals surface area contributed by atoms with Gasteiger partial charge in [0, 0.05) is 28.9 Å². The summed E-state index contributed by atoms with van der Waals surface area (Å²) in [6.45, 7) is 0.446. The molecule has 3 aromatic rings. The molecule has 0 aliphatic heterocycles. The Kier molecular flexibility index (Phi) is 5.20. The number of aromatic nitrogens is 2. The van der Waals surface area contributed by atoms with Crippen LogP contribution in [0.2, 0.25) is 10.0 Å². The number of nitrogens with one attached hydrogen (secondary N) is 1. The molecule has 9 heteroatoms. The van der Waals surface area contributed by atoms with E-state index < -0.39 is 10.8 Å². The molecule has 0 aliphatic carbocycles. The van der Waals surface area contributed by atoms with Crippen LogP contribution in [0.3, 0.4) is 0 Å². The summed E-state index contributed by atoms with van der Waals surface area (Å²) in [5, 5.41) is 18.4. The first-order chi connectivity index (χ1) is 12.4. The lowest BCUT2D eigenvalue weighted by molar-refractivity contribution is -0.384. The third kappa shape index (κ3) is 4.01. The second-order valence-corrected chi connectivity index (χ2v) is 6.18. The van der Waals surface area contributed by atoms with Gasteiger partial charge < -0.3 is 5.32 Å². The number of carbonyl (C=O) groups is 1. The summed E-state index contributed by atoms with van der Waals surface area (Å²) in [6, 6.07) is 12.9. The van der Waals surface area contributed by atoms with Crippen molar-refractivity contribution in [3.63, 3.8) is 0 Å². The summed E-state index contributed by atoms with van der Waals surface area (Å²) in [5.41, 5.74) is 0.675. The van der Waals surface area contributed by atoms with Crippen LogP contribution in [-0.4, -0.2) is 20.6 Å². The van der Waals surface area contributed by atoms with Crippen molar-refractivity contribution >= 4 is 40.6 Å². The van der Waals surface area contributed by atoms with Crippen molar-refractivity contribution in [1.29, 1.82) is 0 Å². The predicted octanol–water partition coefficient (Wildman–Crippen LogP) is 4.40. The topological polar surface area (TPSA) is 90.1 Å². The minimum atomic E-state index is -0.641. The average Bonchev–Trinajstić information content (AvgIpc) is 3.04. The fourth-order valence-corrected chi connectivity index (χ4v) is 2.68. The fourth-order valence-electron chi connectivity index (χ4n) is 2.30. The van der Waals surface area contributed by atoms with E-state index in [1.807, 2.05) is 18.2 Å². The molecule has 132 valence electrons. The van der Waals surface area contributed by atoms with E-state index in [4.69, 9.17) is 23.2 Å². The first-order valence-corrected chi connectivity index (χ1v) is 8.22. The summed E-state index contributed by atoms with van der Waals surface area (Å²) in [4.78, 5) is 22.6. The summed E-state index contributed by atoms with van der Waals surface area (Å²) < 4.78 is 1.63. The molecule has 1 N–H and O–H groups in total. The number of rotatable bonds is 5. The monoisotopic (exact) mass is 390 g/mol. The smallest absolute Gasteiger partial charge is 0.288 e. The number of hydrogen-bond acceptors (Lipinski definition) is 4. The van der Waals surface area contributed by atoms with Gasteiger partial charge in [-0.2, -0.15) is 5.10 Å². The van der Waals surface area contributed by atoms with Crippen LogP contribution >= 0.6 is 23.2 Å². The van der Waals surface area contributed by atoms with Gasteiger partial charge in [-0.3, -0.25) is 19.6 Å². The maximum Gasteiger partial charge on any atom is 0.288 e. The zero-order valence-corrected chi connectivity index (χ0v) is 14.7. The molecule has 0 saturated carbocycles. The molecule has 3 rings (SSSR count). The van der Waals surface area contributed by atoms with Gasteiger partial charge in [-0.05, 0) is 23.8 Å². The van der Waals surface area contributed by atoms with Gasteiger partial charge in [-0.25, -0.2) is 0 Å². The maximum absolute atomic E-state index is 12.3. The molecular formula is C17H12Cl2N4O3. The van der Waals surface area contributed by atoms with E-state index in [-0.39, 0.29) is 16.3 Å². The summed E-state index contributed by atoms with van der Waals surface area (Å²) in [7, 11) is 0. The van der Waals surface area contributed by atoms with E-state index in [9.17, 15) is 14.9 Å². The van der Waals surface area contributed by atoms with Crippen molar-refractivity contribution in [3.05, 3.63) is 86.0 Å². The molecule has 26 heavy (non-hydrogen) atoms. The van der Waals surface area contributed by atoms with Gasteiger partial charge in [0.15, 0.2) is 5.82 Å². The highest BCUT2D eigenvalue weighted by Crippen LogP contribution is 2.25. The first kappa shape index (κ1) is 17.9. The number of anilines is 1. The van der Waals surface area contributed by atoms with Crippen molar-refractivity contribution in [3.8, 4) is 0 Å². The Balaban J connectivity index is 1.73. The lowest BCUT2D eigenvalue weighted by Gasteiger charge is -2.05. The third-order valence-electron chi connectivity index (χ3n) is 3.58. The Hall–Kier alpha value is -2.90. The highest BCUT2D eigenvalue weighted by molar-refractivity contribution is 6.32. The minimum absolute atomic E-state index is 0.0319. The zero-order chi connectivity index (χ0) is 18.7. The van der Waals surface area contributed by atoms with E-state index in [1.54, 1.807) is 23.0 Å². The molecule has 0 spiro atoms. The molecule has 0 radical (unpaired) electrons. The molecule has 2 aromatic carbocycles. The van der Waals surface area contributed by atoms with Crippen LogP contribution in [0, 0.1) is 10.1 Å². The van der Waals surface area contributed by atoms with Crippen LogP contribution in [0.5, 0.6) is 0 Å². The standard InChI is InChI=1S/C17H12Cl2N4O3/c18-13-4-2-1-3-12(13)10-22-8-7-16(21-22)20-17(24)11-5-6-14(19)15(9-11)23(25)26/h1-9H,10H2,(H,20,21,24). The van der Waals surface area contributed by atoms with Gasteiger partial charge in [0.1, 0.15) is 5.02 Å². The van der Waals surface area contributed by atoms with Gasteiger partial charge in [0.05, 0.1) is 11.5 Å².